The van der Waals surface area contributed by atoms with Gasteiger partial charge in [-0.1, -0.05) is 84.9 Å². The molecule has 0 spiro atoms. The SMILES string of the molecule is Cc1nc(-c2ccc(-c3ccccc3)cc2)nc(-c2cccc3sc4cccc(-c5nc6ccccc6o5)c4c23)n1. The predicted molar refractivity (Wildman–Crippen MR) is 167 cm³/mol. The second-order valence-electron chi connectivity index (χ2n) is 9.92. The molecule has 0 aliphatic carbocycles. The Morgan fingerprint density at radius 2 is 1.15 bits per heavy atom. The van der Waals surface area contributed by atoms with Crippen molar-refractivity contribution in [2.75, 3.05) is 0 Å². The van der Waals surface area contributed by atoms with Gasteiger partial charge >= 0.3 is 0 Å². The number of thiophene rings is 1. The number of aromatic nitrogens is 4. The Balaban J connectivity index is 1.29. The molecule has 3 aromatic heterocycles. The average molecular weight is 547 g/mol. The first-order chi connectivity index (χ1) is 20.2. The van der Waals surface area contributed by atoms with Gasteiger partial charge < -0.3 is 4.42 Å². The molecule has 0 radical (unpaired) electrons. The van der Waals surface area contributed by atoms with Gasteiger partial charge in [0, 0.05) is 36.9 Å². The molecule has 194 valence electrons. The number of hydrogen-bond acceptors (Lipinski definition) is 6. The number of aryl methyl sites for hydroxylation is 1. The van der Waals surface area contributed by atoms with E-state index in [-0.39, 0.29) is 0 Å². The fraction of sp³-hybridized carbons (Fsp3) is 0.0286. The van der Waals surface area contributed by atoms with Crippen molar-refractivity contribution in [2.24, 2.45) is 0 Å². The summed E-state index contributed by atoms with van der Waals surface area (Å²) in [7, 11) is 0. The third-order valence-corrected chi connectivity index (χ3v) is 8.41. The molecule has 5 aromatic carbocycles. The maximum Gasteiger partial charge on any atom is 0.227 e. The van der Waals surface area contributed by atoms with Crippen LogP contribution in [0.15, 0.2) is 120 Å². The van der Waals surface area contributed by atoms with Crippen LogP contribution >= 0.6 is 11.3 Å². The molecule has 0 saturated carbocycles. The van der Waals surface area contributed by atoms with E-state index < -0.39 is 0 Å². The van der Waals surface area contributed by atoms with Crippen LogP contribution in [-0.2, 0) is 0 Å². The summed E-state index contributed by atoms with van der Waals surface area (Å²) in [5, 5.41) is 2.20. The summed E-state index contributed by atoms with van der Waals surface area (Å²) in [5.41, 5.74) is 6.82. The van der Waals surface area contributed by atoms with Gasteiger partial charge in [-0.2, -0.15) is 0 Å². The lowest BCUT2D eigenvalue weighted by atomic mass is 10.0. The number of benzene rings is 5. The summed E-state index contributed by atoms with van der Waals surface area (Å²) in [6, 6.07) is 39.2. The van der Waals surface area contributed by atoms with Crippen LogP contribution in [0.1, 0.15) is 5.82 Å². The number of nitrogens with zero attached hydrogens (tertiary/aromatic N) is 4. The lowest BCUT2D eigenvalue weighted by Crippen LogP contribution is -1.99. The molecule has 0 aliphatic rings. The maximum atomic E-state index is 6.22. The summed E-state index contributed by atoms with van der Waals surface area (Å²) in [6.07, 6.45) is 0. The molecule has 6 heteroatoms. The van der Waals surface area contributed by atoms with Crippen molar-refractivity contribution >= 4 is 42.6 Å². The highest BCUT2D eigenvalue weighted by molar-refractivity contribution is 7.26. The summed E-state index contributed by atoms with van der Waals surface area (Å²) in [4.78, 5) is 19.3. The minimum atomic E-state index is 0.609. The Labute approximate surface area is 239 Å². The van der Waals surface area contributed by atoms with Crippen LogP contribution in [0.5, 0.6) is 0 Å². The Bertz CT molecular complexity index is 2180. The Hall–Kier alpha value is -5.20. The molecular formula is C35H22N4OS. The molecule has 0 atom stereocenters. The van der Waals surface area contributed by atoms with Crippen LogP contribution in [0, 0.1) is 6.92 Å². The van der Waals surface area contributed by atoms with Crippen molar-refractivity contribution in [2.45, 2.75) is 6.92 Å². The van der Waals surface area contributed by atoms with Gasteiger partial charge in [-0.3, -0.25) is 0 Å². The van der Waals surface area contributed by atoms with Gasteiger partial charge in [-0.25, -0.2) is 19.9 Å². The summed E-state index contributed by atoms with van der Waals surface area (Å²) < 4.78 is 8.54. The zero-order valence-corrected chi connectivity index (χ0v) is 22.9. The maximum absolute atomic E-state index is 6.22. The van der Waals surface area contributed by atoms with Crippen molar-refractivity contribution < 1.29 is 4.42 Å². The standard InChI is InChI=1S/C35H22N4OS/c1-21-36-33(24-19-17-23(18-20-24)22-9-3-2-4-10-22)39-34(37-21)25-11-7-15-29-31(25)32-26(12-8-16-30(32)41-29)35-38-27-13-5-6-14-28(27)40-35/h2-20H,1H3. The molecule has 5 nitrogen and oxygen atoms in total. The summed E-state index contributed by atoms with van der Waals surface area (Å²) >= 11 is 1.75. The normalized spacial score (nSPS) is 11.5. The van der Waals surface area contributed by atoms with E-state index in [4.69, 9.17) is 24.4 Å². The zero-order chi connectivity index (χ0) is 27.3. The third-order valence-electron chi connectivity index (χ3n) is 7.29. The highest BCUT2D eigenvalue weighted by atomic mass is 32.1. The van der Waals surface area contributed by atoms with Gasteiger partial charge in [-0.15, -0.1) is 11.3 Å². The van der Waals surface area contributed by atoms with E-state index in [1.807, 2.05) is 37.3 Å². The third kappa shape index (κ3) is 4.08. The fourth-order valence-electron chi connectivity index (χ4n) is 5.39. The molecule has 0 saturated heterocycles. The van der Waals surface area contributed by atoms with Gasteiger partial charge in [-0.05, 0) is 48.4 Å². The van der Waals surface area contributed by atoms with Crippen LogP contribution in [0.4, 0.5) is 0 Å². The van der Waals surface area contributed by atoms with E-state index in [1.165, 1.54) is 5.56 Å². The Kier molecular flexibility index (Phi) is 5.47. The average Bonchev–Trinajstić information content (AvgIpc) is 3.63. The second-order valence-corrected chi connectivity index (χ2v) is 11.0. The van der Waals surface area contributed by atoms with E-state index in [2.05, 4.69) is 84.9 Å². The molecule has 3 heterocycles. The largest absolute Gasteiger partial charge is 0.436 e. The molecule has 8 rings (SSSR count). The summed E-state index contributed by atoms with van der Waals surface area (Å²) in [5.74, 6) is 2.59. The number of para-hydroxylation sites is 2. The lowest BCUT2D eigenvalue weighted by molar-refractivity contribution is 0.620. The Morgan fingerprint density at radius 1 is 0.512 bits per heavy atom. The molecule has 0 fully saturated rings. The number of fused-ring (bicyclic) bond motifs is 4. The fourth-order valence-corrected chi connectivity index (χ4v) is 6.55. The van der Waals surface area contributed by atoms with E-state index in [1.54, 1.807) is 11.3 Å². The van der Waals surface area contributed by atoms with Crippen LogP contribution in [0.25, 0.3) is 76.6 Å². The van der Waals surface area contributed by atoms with Crippen molar-refractivity contribution in [3.63, 3.8) is 0 Å². The first-order valence-electron chi connectivity index (χ1n) is 13.4. The van der Waals surface area contributed by atoms with Gasteiger partial charge in [0.15, 0.2) is 17.2 Å². The zero-order valence-electron chi connectivity index (χ0n) is 22.1. The smallest absolute Gasteiger partial charge is 0.227 e. The lowest BCUT2D eigenvalue weighted by Gasteiger charge is -2.09. The predicted octanol–water partition coefficient (Wildman–Crippen LogP) is 9.36. The van der Waals surface area contributed by atoms with Gasteiger partial charge in [0.05, 0.1) is 0 Å². The number of oxazole rings is 1. The molecule has 8 aromatic rings. The summed E-state index contributed by atoms with van der Waals surface area (Å²) in [6.45, 7) is 1.92. The first-order valence-corrected chi connectivity index (χ1v) is 14.2. The highest BCUT2D eigenvalue weighted by Gasteiger charge is 2.20. The van der Waals surface area contributed by atoms with Crippen LogP contribution in [0.2, 0.25) is 0 Å². The molecule has 0 bridgehead atoms. The Morgan fingerprint density at radius 3 is 1.93 bits per heavy atom. The number of hydrogen-bond donors (Lipinski definition) is 0. The van der Waals surface area contributed by atoms with E-state index >= 15 is 0 Å². The van der Waals surface area contributed by atoms with E-state index in [0.717, 1.165) is 53.5 Å². The quantitative estimate of drug-likeness (QED) is 0.220. The highest BCUT2D eigenvalue weighted by Crippen LogP contribution is 2.44. The topological polar surface area (TPSA) is 64.7 Å². The van der Waals surface area contributed by atoms with Crippen LogP contribution < -0.4 is 0 Å². The van der Waals surface area contributed by atoms with E-state index in [0.29, 0.717) is 23.4 Å². The molecule has 0 amide bonds. The van der Waals surface area contributed by atoms with Crippen molar-refractivity contribution in [3.8, 4) is 45.4 Å². The molecule has 41 heavy (non-hydrogen) atoms. The minimum Gasteiger partial charge on any atom is -0.436 e. The molecular weight excluding hydrogens is 524 g/mol. The molecule has 0 unspecified atom stereocenters. The van der Waals surface area contributed by atoms with Crippen molar-refractivity contribution in [1.29, 1.82) is 0 Å². The molecule has 0 aliphatic heterocycles. The van der Waals surface area contributed by atoms with Crippen molar-refractivity contribution in [3.05, 3.63) is 121 Å². The minimum absolute atomic E-state index is 0.609. The molecule has 0 N–H and O–H groups in total. The van der Waals surface area contributed by atoms with Gasteiger partial charge in [0.2, 0.25) is 5.89 Å². The monoisotopic (exact) mass is 546 g/mol. The van der Waals surface area contributed by atoms with Gasteiger partial charge in [0.1, 0.15) is 11.3 Å². The first kappa shape index (κ1) is 23.7. The van der Waals surface area contributed by atoms with E-state index in [9.17, 15) is 0 Å². The van der Waals surface area contributed by atoms with Crippen LogP contribution in [-0.4, -0.2) is 19.9 Å². The van der Waals surface area contributed by atoms with Crippen molar-refractivity contribution in [1.82, 2.24) is 19.9 Å². The van der Waals surface area contributed by atoms with Gasteiger partial charge in [0.25, 0.3) is 0 Å². The second kappa shape index (κ2) is 9.47. The van der Waals surface area contributed by atoms with Crippen LogP contribution in [0.3, 0.4) is 0 Å². The number of rotatable bonds is 4.